The molecule has 0 unspecified atom stereocenters. The molecule has 0 aliphatic carbocycles. The first-order valence-electron chi connectivity index (χ1n) is 6.05. The highest BCUT2D eigenvalue weighted by atomic mass is 16.1. The van der Waals surface area contributed by atoms with E-state index in [1.807, 2.05) is 31.2 Å². The fraction of sp³-hybridized carbons (Fsp3) is 0.133. The van der Waals surface area contributed by atoms with E-state index in [0.29, 0.717) is 29.0 Å². The zero-order valence-electron chi connectivity index (χ0n) is 10.4. The molecular weight excluding hydrogens is 238 g/mol. The standard InChI is InChI=1S/C15H11N3O/c1-2-18-14-12(9-6-10-16-14)17-13(15(18)19)11-7-4-3-5-8-11/h3-4,6-7,9-10H,2H2,1H3. The molecule has 4 nitrogen and oxygen atoms in total. The van der Waals surface area contributed by atoms with Gasteiger partial charge in [-0.05, 0) is 31.2 Å². The smallest absolute Gasteiger partial charge is 0.279 e. The summed E-state index contributed by atoms with van der Waals surface area (Å²) in [5.74, 6) is 0. The van der Waals surface area contributed by atoms with Gasteiger partial charge in [0.2, 0.25) is 0 Å². The first-order valence-corrected chi connectivity index (χ1v) is 6.05. The minimum Gasteiger partial charge on any atom is -0.290 e. The summed E-state index contributed by atoms with van der Waals surface area (Å²) in [6.07, 6.45) is 1.66. The van der Waals surface area contributed by atoms with Crippen LogP contribution in [0.15, 0.2) is 41.3 Å². The van der Waals surface area contributed by atoms with Gasteiger partial charge in [-0.3, -0.25) is 9.36 Å². The molecule has 3 aromatic rings. The van der Waals surface area contributed by atoms with Crippen LogP contribution in [-0.2, 0) is 6.54 Å². The number of fused-ring (bicyclic) bond motifs is 1. The quantitative estimate of drug-likeness (QED) is 0.698. The maximum absolute atomic E-state index is 12.4. The Labute approximate surface area is 110 Å². The van der Waals surface area contributed by atoms with Gasteiger partial charge in [0.15, 0.2) is 5.65 Å². The van der Waals surface area contributed by atoms with Gasteiger partial charge in [0.05, 0.1) is 5.56 Å². The summed E-state index contributed by atoms with van der Waals surface area (Å²) in [5, 5.41) is 0. The Kier molecular flexibility index (Phi) is 2.73. The Hall–Kier alpha value is -2.67. The molecule has 0 amide bonds. The Morgan fingerprint density at radius 2 is 2.21 bits per heavy atom. The number of aryl methyl sites for hydroxylation is 1. The Morgan fingerprint density at radius 1 is 1.32 bits per heavy atom. The van der Waals surface area contributed by atoms with Crippen molar-refractivity contribution in [1.82, 2.24) is 14.5 Å². The molecule has 4 heteroatoms. The van der Waals surface area contributed by atoms with Crippen molar-refractivity contribution in [2.75, 3.05) is 0 Å². The molecule has 0 spiro atoms. The van der Waals surface area contributed by atoms with E-state index in [1.54, 1.807) is 16.8 Å². The predicted octanol–water partition coefficient (Wildman–Crippen LogP) is 2.08. The van der Waals surface area contributed by atoms with E-state index in [1.165, 1.54) is 0 Å². The number of hydrogen-bond donors (Lipinski definition) is 0. The second-order valence-corrected chi connectivity index (χ2v) is 4.06. The molecule has 0 saturated carbocycles. The van der Waals surface area contributed by atoms with Crippen molar-refractivity contribution in [3.63, 3.8) is 0 Å². The lowest BCUT2D eigenvalue weighted by Crippen LogP contribution is -2.23. The maximum Gasteiger partial charge on any atom is 0.279 e. The van der Waals surface area contributed by atoms with Gasteiger partial charge in [0.25, 0.3) is 5.56 Å². The summed E-state index contributed by atoms with van der Waals surface area (Å²) >= 11 is 0. The van der Waals surface area contributed by atoms with Crippen LogP contribution in [0, 0.1) is 12.1 Å². The fourth-order valence-electron chi connectivity index (χ4n) is 2.04. The summed E-state index contributed by atoms with van der Waals surface area (Å²) < 4.78 is 1.62. The molecule has 0 N–H and O–H groups in total. The number of nitrogens with zero attached hydrogens (tertiary/aromatic N) is 3. The Morgan fingerprint density at radius 3 is 2.95 bits per heavy atom. The second kappa shape index (κ2) is 4.54. The third kappa shape index (κ3) is 1.85. The first-order chi connectivity index (χ1) is 9.31. The molecule has 3 rings (SSSR count). The molecule has 0 atom stereocenters. The van der Waals surface area contributed by atoms with Crippen molar-refractivity contribution < 1.29 is 0 Å². The lowest BCUT2D eigenvalue weighted by molar-refractivity contribution is 0.745. The Bertz CT molecular complexity index is 778. The molecule has 92 valence electrons. The van der Waals surface area contributed by atoms with Gasteiger partial charge in [0.1, 0.15) is 11.2 Å². The lowest BCUT2D eigenvalue weighted by Gasteiger charge is -2.08. The minimum atomic E-state index is -0.149. The van der Waals surface area contributed by atoms with Crippen LogP contribution in [0.25, 0.3) is 22.4 Å². The third-order valence-corrected chi connectivity index (χ3v) is 2.92. The molecule has 0 bridgehead atoms. The normalized spacial score (nSPS) is 10.4. The molecule has 2 aromatic heterocycles. The van der Waals surface area contributed by atoms with Gasteiger partial charge in [-0.25, -0.2) is 9.97 Å². The molecule has 0 aliphatic rings. The van der Waals surface area contributed by atoms with E-state index in [-0.39, 0.29) is 5.56 Å². The molecule has 19 heavy (non-hydrogen) atoms. The van der Waals surface area contributed by atoms with Gasteiger partial charge in [-0.1, -0.05) is 18.2 Å². The highest BCUT2D eigenvalue weighted by Crippen LogP contribution is 2.14. The molecule has 0 aliphatic heterocycles. The van der Waals surface area contributed by atoms with Crippen molar-refractivity contribution in [2.45, 2.75) is 13.5 Å². The summed E-state index contributed by atoms with van der Waals surface area (Å²) in [7, 11) is 0. The van der Waals surface area contributed by atoms with Gasteiger partial charge >= 0.3 is 0 Å². The van der Waals surface area contributed by atoms with Crippen molar-refractivity contribution >= 4 is 11.2 Å². The molecular formula is C15H11N3O. The minimum absolute atomic E-state index is 0.149. The summed E-state index contributed by atoms with van der Waals surface area (Å²) in [5.41, 5.74) is 2.21. The molecule has 0 saturated heterocycles. The fourth-order valence-corrected chi connectivity index (χ4v) is 2.04. The Balaban J connectivity index is 2.39. The zero-order valence-corrected chi connectivity index (χ0v) is 10.4. The lowest BCUT2D eigenvalue weighted by atomic mass is 10.2. The second-order valence-electron chi connectivity index (χ2n) is 4.06. The van der Waals surface area contributed by atoms with Gasteiger partial charge < -0.3 is 0 Å². The molecule has 0 radical (unpaired) electrons. The van der Waals surface area contributed by atoms with Crippen LogP contribution in [0.1, 0.15) is 6.92 Å². The molecule has 2 heterocycles. The van der Waals surface area contributed by atoms with Crippen LogP contribution >= 0.6 is 0 Å². The van der Waals surface area contributed by atoms with E-state index in [0.717, 1.165) is 0 Å². The predicted molar refractivity (Wildman–Crippen MR) is 72.6 cm³/mol. The monoisotopic (exact) mass is 249 g/mol. The van der Waals surface area contributed by atoms with Crippen LogP contribution in [0.2, 0.25) is 0 Å². The van der Waals surface area contributed by atoms with Crippen molar-refractivity contribution in [3.05, 3.63) is 59.0 Å². The van der Waals surface area contributed by atoms with Crippen LogP contribution < -0.4 is 5.56 Å². The summed E-state index contributed by atoms with van der Waals surface area (Å²) in [6.45, 7) is 2.47. The number of hydrogen-bond acceptors (Lipinski definition) is 3. The van der Waals surface area contributed by atoms with Crippen molar-refractivity contribution in [3.8, 4) is 11.3 Å². The van der Waals surface area contributed by atoms with Crippen LogP contribution in [-0.4, -0.2) is 14.5 Å². The van der Waals surface area contributed by atoms with Crippen molar-refractivity contribution in [2.24, 2.45) is 0 Å². The number of pyridine rings is 1. The number of aromatic nitrogens is 3. The third-order valence-electron chi connectivity index (χ3n) is 2.92. The van der Waals surface area contributed by atoms with Gasteiger partial charge in [-0.2, -0.15) is 0 Å². The molecule has 1 aromatic carbocycles. The van der Waals surface area contributed by atoms with Gasteiger partial charge in [0, 0.05) is 12.7 Å². The largest absolute Gasteiger partial charge is 0.290 e. The topological polar surface area (TPSA) is 47.8 Å². The van der Waals surface area contributed by atoms with Crippen LogP contribution in [0.4, 0.5) is 0 Å². The van der Waals surface area contributed by atoms with E-state index in [2.05, 4.69) is 22.1 Å². The maximum atomic E-state index is 12.4. The van der Waals surface area contributed by atoms with Gasteiger partial charge in [-0.15, -0.1) is 0 Å². The van der Waals surface area contributed by atoms with Crippen LogP contribution in [0.3, 0.4) is 0 Å². The van der Waals surface area contributed by atoms with E-state index in [9.17, 15) is 4.79 Å². The number of rotatable bonds is 2. The molecule has 0 fully saturated rings. The van der Waals surface area contributed by atoms with Crippen LogP contribution in [0.5, 0.6) is 0 Å². The summed E-state index contributed by atoms with van der Waals surface area (Å²) in [4.78, 5) is 21.1. The van der Waals surface area contributed by atoms with Crippen molar-refractivity contribution in [1.29, 1.82) is 0 Å². The van der Waals surface area contributed by atoms with E-state index < -0.39 is 0 Å². The average molecular weight is 249 g/mol. The average Bonchev–Trinajstić information content (AvgIpc) is 2.47. The zero-order chi connectivity index (χ0) is 13.2. The SMILES string of the molecule is CCn1c(=O)c(-c2c#cccc2)nc2cccnc21. The highest BCUT2D eigenvalue weighted by molar-refractivity contribution is 5.73. The summed E-state index contributed by atoms with van der Waals surface area (Å²) in [6, 6.07) is 14.8. The van der Waals surface area contributed by atoms with E-state index in [4.69, 9.17) is 0 Å². The first kappa shape index (κ1) is 11.4. The van der Waals surface area contributed by atoms with E-state index >= 15 is 0 Å². The highest BCUT2D eigenvalue weighted by Gasteiger charge is 2.11.